The van der Waals surface area contributed by atoms with E-state index in [4.69, 9.17) is 0 Å². The molecule has 8 heteroatoms. The minimum absolute atomic E-state index is 0.0654. The summed E-state index contributed by atoms with van der Waals surface area (Å²) in [6, 6.07) is 2.19. The van der Waals surface area contributed by atoms with Crippen molar-refractivity contribution in [2.24, 2.45) is 0 Å². The van der Waals surface area contributed by atoms with Gasteiger partial charge in [-0.15, -0.1) is 11.3 Å². The molecule has 0 unspecified atom stereocenters. The molecular formula is C17H18N6OS. The lowest BCUT2D eigenvalue weighted by atomic mass is 10.2. The maximum absolute atomic E-state index is 12.5. The first-order chi connectivity index (χ1) is 12.3. The van der Waals surface area contributed by atoms with Gasteiger partial charge >= 0.3 is 0 Å². The lowest BCUT2D eigenvalue weighted by Gasteiger charge is -2.35. The highest BCUT2D eigenvalue weighted by molar-refractivity contribution is 7.18. The number of anilines is 1. The van der Waals surface area contributed by atoms with Crippen LogP contribution in [-0.2, 0) is 6.42 Å². The summed E-state index contributed by atoms with van der Waals surface area (Å²) in [5.41, 5.74) is 0.394. The number of fused-ring (bicyclic) bond motifs is 1. The Morgan fingerprint density at radius 3 is 2.72 bits per heavy atom. The first kappa shape index (κ1) is 15.9. The van der Waals surface area contributed by atoms with Crippen LogP contribution in [0.3, 0.4) is 0 Å². The van der Waals surface area contributed by atoms with Crippen molar-refractivity contribution in [1.29, 1.82) is 0 Å². The van der Waals surface area contributed by atoms with Crippen molar-refractivity contribution in [2.45, 2.75) is 13.3 Å². The molecule has 1 aliphatic heterocycles. The van der Waals surface area contributed by atoms with Crippen LogP contribution in [0.15, 0.2) is 31.0 Å². The Bertz CT molecular complexity index is 889. The lowest BCUT2D eigenvalue weighted by Crippen LogP contribution is -2.49. The molecule has 0 aromatic carbocycles. The van der Waals surface area contributed by atoms with Crippen LogP contribution in [0.1, 0.15) is 22.3 Å². The first-order valence-corrected chi connectivity index (χ1v) is 9.11. The molecule has 7 nitrogen and oxygen atoms in total. The lowest BCUT2D eigenvalue weighted by molar-refractivity contribution is 0.0740. The van der Waals surface area contributed by atoms with Gasteiger partial charge in [0.1, 0.15) is 22.7 Å². The summed E-state index contributed by atoms with van der Waals surface area (Å²) < 4.78 is 0. The van der Waals surface area contributed by atoms with Crippen LogP contribution in [0.5, 0.6) is 0 Å². The van der Waals surface area contributed by atoms with Crippen molar-refractivity contribution in [1.82, 2.24) is 24.8 Å². The van der Waals surface area contributed by atoms with Crippen molar-refractivity contribution in [3.63, 3.8) is 0 Å². The van der Waals surface area contributed by atoms with Gasteiger partial charge < -0.3 is 9.80 Å². The average molecular weight is 354 g/mol. The van der Waals surface area contributed by atoms with Gasteiger partial charge in [-0.1, -0.05) is 6.92 Å². The van der Waals surface area contributed by atoms with E-state index in [9.17, 15) is 4.79 Å². The first-order valence-electron chi connectivity index (χ1n) is 8.30. The number of aryl methyl sites for hydroxylation is 1. The molecular weight excluding hydrogens is 336 g/mol. The Labute approximate surface area is 149 Å². The average Bonchev–Trinajstić information content (AvgIpc) is 3.12. The van der Waals surface area contributed by atoms with Crippen LogP contribution in [0.2, 0.25) is 0 Å². The molecule has 3 aromatic rings. The molecule has 1 aliphatic rings. The molecule has 4 heterocycles. The van der Waals surface area contributed by atoms with Crippen LogP contribution in [0.4, 0.5) is 5.82 Å². The van der Waals surface area contributed by atoms with E-state index in [0.717, 1.165) is 35.5 Å². The van der Waals surface area contributed by atoms with Gasteiger partial charge in [-0.05, 0) is 12.5 Å². The van der Waals surface area contributed by atoms with E-state index >= 15 is 0 Å². The standard InChI is InChI=1S/C17H18N6OS/c1-2-12-9-13-15(20-11-21-16(13)25-12)22-5-7-23(8-6-22)17(24)14-10-18-3-4-19-14/h3-4,9-11H,2,5-8H2,1H3. The van der Waals surface area contributed by atoms with Crippen LogP contribution < -0.4 is 4.90 Å². The molecule has 0 aliphatic carbocycles. The number of rotatable bonds is 3. The van der Waals surface area contributed by atoms with E-state index < -0.39 is 0 Å². The predicted octanol–water partition coefficient (Wildman–Crippen LogP) is 2.01. The second-order valence-corrected chi connectivity index (χ2v) is 6.97. The summed E-state index contributed by atoms with van der Waals surface area (Å²) >= 11 is 1.72. The van der Waals surface area contributed by atoms with Crippen LogP contribution in [0.25, 0.3) is 10.2 Å². The fourth-order valence-corrected chi connectivity index (χ4v) is 3.94. The highest BCUT2D eigenvalue weighted by Crippen LogP contribution is 2.30. The third-order valence-corrected chi connectivity index (χ3v) is 5.54. The highest BCUT2D eigenvalue weighted by Gasteiger charge is 2.25. The van der Waals surface area contributed by atoms with Crippen LogP contribution in [0, 0.1) is 0 Å². The zero-order valence-corrected chi connectivity index (χ0v) is 14.7. The van der Waals surface area contributed by atoms with Crippen molar-refractivity contribution >= 4 is 33.3 Å². The van der Waals surface area contributed by atoms with Gasteiger partial charge in [0.15, 0.2) is 0 Å². The van der Waals surface area contributed by atoms with Crippen LogP contribution >= 0.6 is 11.3 Å². The van der Waals surface area contributed by atoms with E-state index in [2.05, 4.69) is 37.8 Å². The van der Waals surface area contributed by atoms with Gasteiger partial charge in [0.2, 0.25) is 0 Å². The summed E-state index contributed by atoms with van der Waals surface area (Å²) in [5, 5.41) is 1.11. The Balaban J connectivity index is 1.51. The highest BCUT2D eigenvalue weighted by atomic mass is 32.1. The fourth-order valence-electron chi connectivity index (χ4n) is 3.01. The minimum Gasteiger partial charge on any atom is -0.352 e. The van der Waals surface area contributed by atoms with Crippen molar-refractivity contribution in [2.75, 3.05) is 31.1 Å². The van der Waals surface area contributed by atoms with Crippen molar-refractivity contribution in [3.05, 3.63) is 41.6 Å². The Kier molecular flexibility index (Phi) is 4.27. The second kappa shape index (κ2) is 6.72. The Morgan fingerprint density at radius 1 is 1.16 bits per heavy atom. The fraction of sp³-hybridized carbons (Fsp3) is 0.353. The predicted molar refractivity (Wildman–Crippen MR) is 96.9 cm³/mol. The summed E-state index contributed by atoms with van der Waals surface area (Å²) in [7, 11) is 0. The summed E-state index contributed by atoms with van der Waals surface area (Å²) in [5.74, 6) is 0.900. The number of carbonyl (C=O) groups excluding carboxylic acids is 1. The van der Waals surface area contributed by atoms with Gasteiger partial charge in [0.05, 0.1) is 11.6 Å². The Morgan fingerprint density at radius 2 is 2.00 bits per heavy atom. The number of piperazine rings is 1. The largest absolute Gasteiger partial charge is 0.352 e. The number of carbonyl (C=O) groups is 1. The summed E-state index contributed by atoms with van der Waals surface area (Å²) in [6.45, 7) is 4.93. The summed E-state index contributed by atoms with van der Waals surface area (Å²) in [6.07, 6.45) is 7.26. The number of hydrogen-bond donors (Lipinski definition) is 0. The summed E-state index contributed by atoms with van der Waals surface area (Å²) in [4.78, 5) is 35.8. The smallest absolute Gasteiger partial charge is 0.274 e. The van der Waals surface area contributed by atoms with Gasteiger partial charge in [0.25, 0.3) is 5.91 Å². The van der Waals surface area contributed by atoms with E-state index in [-0.39, 0.29) is 5.91 Å². The Hall–Kier alpha value is -2.61. The number of aromatic nitrogens is 4. The molecule has 0 saturated carbocycles. The van der Waals surface area contributed by atoms with E-state index in [1.165, 1.54) is 11.1 Å². The molecule has 1 saturated heterocycles. The third-order valence-electron chi connectivity index (χ3n) is 4.36. The van der Waals surface area contributed by atoms with E-state index in [1.54, 1.807) is 30.1 Å². The number of nitrogens with zero attached hydrogens (tertiary/aromatic N) is 6. The molecule has 1 amide bonds. The third kappa shape index (κ3) is 3.05. The number of hydrogen-bond acceptors (Lipinski definition) is 7. The quantitative estimate of drug-likeness (QED) is 0.716. The zero-order valence-electron chi connectivity index (χ0n) is 13.9. The van der Waals surface area contributed by atoms with Gasteiger partial charge in [-0.25, -0.2) is 15.0 Å². The molecule has 4 rings (SSSR count). The molecule has 0 radical (unpaired) electrons. The topological polar surface area (TPSA) is 75.1 Å². The van der Waals surface area contributed by atoms with Crippen LogP contribution in [-0.4, -0.2) is 56.9 Å². The van der Waals surface area contributed by atoms with Gasteiger partial charge in [-0.2, -0.15) is 0 Å². The van der Waals surface area contributed by atoms with Gasteiger partial charge in [0, 0.05) is 43.4 Å². The number of amides is 1. The number of thiophene rings is 1. The van der Waals surface area contributed by atoms with Crippen molar-refractivity contribution < 1.29 is 4.79 Å². The molecule has 0 spiro atoms. The normalized spacial score (nSPS) is 14.9. The zero-order chi connectivity index (χ0) is 17.2. The molecule has 128 valence electrons. The van der Waals surface area contributed by atoms with E-state index in [1.807, 2.05) is 4.90 Å². The van der Waals surface area contributed by atoms with E-state index in [0.29, 0.717) is 18.8 Å². The maximum atomic E-state index is 12.5. The second-order valence-electron chi connectivity index (χ2n) is 5.85. The minimum atomic E-state index is -0.0654. The molecule has 0 atom stereocenters. The monoisotopic (exact) mass is 354 g/mol. The SMILES string of the molecule is CCc1cc2c(N3CCN(C(=O)c4cnccn4)CC3)ncnc2s1. The molecule has 1 fully saturated rings. The maximum Gasteiger partial charge on any atom is 0.274 e. The molecule has 0 bridgehead atoms. The molecule has 0 N–H and O–H groups in total. The molecule has 3 aromatic heterocycles. The van der Waals surface area contributed by atoms with Crippen molar-refractivity contribution in [3.8, 4) is 0 Å². The van der Waals surface area contributed by atoms with Gasteiger partial charge in [-0.3, -0.25) is 9.78 Å². The molecule has 25 heavy (non-hydrogen) atoms.